The first-order valence-corrected chi connectivity index (χ1v) is 40.7. The van der Waals surface area contributed by atoms with Gasteiger partial charge in [-0.25, -0.2) is 0 Å². The van der Waals surface area contributed by atoms with Gasteiger partial charge >= 0.3 is 0 Å². The van der Waals surface area contributed by atoms with Crippen molar-refractivity contribution in [3.8, 4) is 89.0 Å². The summed E-state index contributed by atoms with van der Waals surface area (Å²) in [4.78, 5) is 0. The third kappa shape index (κ3) is 9.77. The standard InChI is InChI=1S/C108H62S3/c1-2-21-63(22-3-1)75-36-18-40-96-97-41-20-38-77(107(97)111-106(75)96)74-54-69(65-44-48-91-85-30-8-5-24-79(85)82-27-11-14-33-88(82)100(91)58-65)52-71(56-74)70-51-68(64-43-47-90-84-29-7-4-23-78(84)81-26-10-13-32-87(81)99(90)57-64)53-73(55-70)76-37-19-39-95-94-50-45-66(62-104(94)110-105(76)95)72-60-98(108-102(61-72)93-35-16-17-42-103(93)109-108)67-46-49-92-86-31-9-6-25-80(86)83-28-12-15-34-89(83)101(92)59-67/h1-62H. The predicted molar refractivity (Wildman–Crippen MR) is 486 cm³/mol. The molecule has 111 heavy (non-hydrogen) atoms. The minimum absolute atomic E-state index is 1.15. The highest BCUT2D eigenvalue weighted by Gasteiger charge is 2.23. The van der Waals surface area contributed by atoms with Gasteiger partial charge in [0.1, 0.15) is 0 Å². The summed E-state index contributed by atoms with van der Waals surface area (Å²) >= 11 is 5.74. The predicted octanol–water partition coefficient (Wildman–Crippen LogP) is 32.5. The normalized spacial score (nSPS) is 12.1. The van der Waals surface area contributed by atoms with Crippen LogP contribution in [0.5, 0.6) is 0 Å². The van der Waals surface area contributed by atoms with E-state index in [9.17, 15) is 0 Å². The van der Waals surface area contributed by atoms with Gasteiger partial charge in [0.25, 0.3) is 0 Å². The summed E-state index contributed by atoms with van der Waals surface area (Å²) in [5, 5.41) is 30.6. The lowest BCUT2D eigenvalue weighted by Gasteiger charge is -2.17. The number of hydrogen-bond acceptors (Lipinski definition) is 3. The summed E-state index contributed by atoms with van der Waals surface area (Å²) in [6.07, 6.45) is 0. The fourth-order valence-electron chi connectivity index (χ4n) is 18.8. The van der Waals surface area contributed by atoms with Gasteiger partial charge in [-0.1, -0.05) is 297 Å². The first-order chi connectivity index (χ1) is 55.0. The molecule has 0 saturated carbocycles. The molecule has 0 unspecified atom stereocenters. The zero-order valence-electron chi connectivity index (χ0n) is 60.0. The summed E-state index contributed by atoms with van der Waals surface area (Å²) in [6, 6.07) is 143. The van der Waals surface area contributed by atoms with Crippen LogP contribution >= 0.6 is 34.0 Å². The molecule has 0 atom stereocenters. The Kier molecular flexibility index (Phi) is 13.9. The molecule has 0 amide bonds. The molecule has 0 aliphatic heterocycles. The Hall–Kier alpha value is -13.4. The third-order valence-electron chi connectivity index (χ3n) is 24.0. The Morgan fingerprint density at radius 3 is 0.829 bits per heavy atom. The highest BCUT2D eigenvalue weighted by molar-refractivity contribution is 7.27. The van der Waals surface area contributed by atoms with Crippen LogP contribution < -0.4 is 0 Å². The van der Waals surface area contributed by atoms with E-state index in [1.165, 1.54) is 230 Å². The van der Waals surface area contributed by atoms with Crippen molar-refractivity contribution in [3.63, 3.8) is 0 Å². The zero-order chi connectivity index (χ0) is 72.5. The maximum atomic E-state index is 2.49. The van der Waals surface area contributed by atoms with Crippen LogP contribution in [0.15, 0.2) is 376 Å². The van der Waals surface area contributed by atoms with Crippen LogP contribution in [0.3, 0.4) is 0 Å². The molecule has 3 heterocycles. The molecule has 0 saturated heterocycles. The van der Waals surface area contributed by atoms with Crippen LogP contribution in [0.4, 0.5) is 0 Å². The molecule has 0 bridgehead atoms. The Labute approximate surface area is 651 Å². The maximum absolute atomic E-state index is 2.49. The highest BCUT2D eigenvalue weighted by atomic mass is 32.1. The number of rotatable bonds is 8. The monoisotopic (exact) mass is 1450 g/mol. The van der Waals surface area contributed by atoms with Crippen molar-refractivity contribution in [1.29, 1.82) is 0 Å². The van der Waals surface area contributed by atoms with Crippen molar-refractivity contribution in [2.75, 3.05) is 0 Å². The fourth-order valence-corrected chi connectivity index (χ4v) is 22.7. The largest absolute Gasteiger partial charge is 0.135 e. The maximum Gasteiger partial charge on any atom is 0.0434 e. The smallest absolute Gasteiger partial charge is 0.0434 e. The second kappa shape index (κ2) is 24.6. The Balaban J connectivity index is 0.720. The van der Waals surface area contributed by atoms with Gasteiger partial charge in [0.05, 0.1) is 0 Å². The molecule has 0 spiro atoms. The van der Waals surface area contributed by atoms with Crippen molar-refractivity contribution < 1.29 is 0 Å². The van der Waals surface area contributed by atoms with Crippen molar-refractivity contribution in [1.82, 2.24) is 0 Å². The SMILES string of the molecule is c1ccc(-c2cccc3c2sc2c(-c4cc(-c5cc(-c6ccc7c8ccccc8c8ccccc8c7c6)cc(-c6cccc7c6sc6cc(-c8cc(-c9ccc%10c%11ccccc%11c%11ccccc%11c%10c9)c9sc%10ccccc%10c9c8)ccc67)c5)cc(-c5ccc6c7ccccc7c7ccccc7c6c5)c4)cccc23)cc1. The van der Waals surface area contributed by atoms with Crippen molar-refractivity contribution >= 4 is 191 Å². The van der Waals surface area contributed by atoms with Crippen LogP contribution in [0.1, 0.15) is 0 Å². The van der Waals surface area contributed by atoms with E-state index >= 15 is 0 Å². The van der Waals surface area contributed by atoms with E-state index in [2.05, 4.69) is 376 Å². The van der Waals surface area contributed by atoms with Crippen molar-refractivity contribution in [3.05, 3.63) is 376 Å². The topological polar surface area (TPSA) is 0 Å². The van der Waals surface area contributed by atoms with E-state index < -0.39 is 0 Å². The number of hydrogen-bond donors (Lipinski definition) is 0. The van der Waals surface area contributed by atoms with E-state index in [0.717, 1.165) is 16.7 Å². The number of thiophene rings is 3. The first-order valence-electron chi connectivity index (χ1n) is 38.2. The summed E-state index contributed by atoms with van der Waals surface area (Å²) in [5.74, 6) is 0. The lowest BCUT2D eigenvalue weighted by Crippen LogP contribution is -1.90. The van der Waals surface area contributed by atoms with Gasteiger partial charge in [-0.3, -0.25) is 0 Å². The lowest BCUT2D eigenvalue weighted by atomic mass is 9.87. The Morgan fingerprint density at radius 2 is 0.378 bits per heavy atom. The van der Waals surface area contributed by atoms with E-state index in [1.54, 1.807) is 0 Å². The van der Waals surface area contributed by atoms with Crippen LogP contribution in [0.2, 0.25) is 0 Å². The first kappa shape index (κ1) is 62.6. The second-order valence-electron chi connectivity index (χ2n) is 30.0. The van der Waals surface area contributed by atoms with E-state index in [4.69, 9.17) is 0 Å². The van der Waals surface area contributed by atoms with E-state index in [-0.39, 0.29) is 0 Å². The summed E-state index contributed by atoms with van der Waals surface area (Å²) < 4.78 is 7.74. The third-order valence-corrected chi connectivity index (χ3v) is 27.7. The molecule has 24 aromatic rings. The fraction of sp³-hybridized carbons (Fsp3) is 0. The van der Waals surface area contributed by atoms with Crippen LogP contribution in [0.25, 0.3) is 246 Å². The van der Waals surface area contributed by atoms with Gasteiger partial charge in [-0.15, -0.1) is 34.0 Å². The molecule has 0 radical (unpaired) electrons. The molecular weight excluding hydrogens is 1390 g/mol. The highest BCUT2D eigenvalue weighted by Crippen LogP contribution is 2.51. The minimum atomic E-state index is 1.15. The molecule has 24 rings (SSSR count). The Morgan fingerprint density at radius 1 is 0.108 bits per heavy atom. The van der Waals surface area contributed by atoms with E-state index in [0.29, 0.717) is 0 Å². The van der Waals surface area contributed by atoms with Gasteiger partial charge in [-0.05, 0) is 259 Å². The van der Waals surface area contributed by atoms with Crippen molar-refractivity contribution in [2.24, 2.45) is 0 Å². The van der Waals surface area contributed by atoms with Gasteiger partial charge in [0, 0.05) is 66.1 Å². The van der Waals surface area contributed by atoms with Gasteiger partial charge in [-0.2, -0.15) is 0 Å². The molecule has 0 aliphatic carbocycles. The molecule has 512 valence electrons. The molecule has 3 aromatic heterocycles. The minimum Gasteiger partial charge on any atom is -0.135 e. The number of benzene rings is 21. The number of fused-ring (bicyclic) bond motifs is 27. The molecule has 3 heteroatoms. The van der Waals surface area contributed by atoms with Crippen LogP contribution in [0, 0.1) is 0 Å². The molecule has 0 N–H and O–H groups in total. The second-order valence-corrected chi connectivity index (χ2v) is 33.1. The molecule has 0 fully saturated rings. The van der Waals surface area contributed by atoms with Crippen LogP contribution in [-0.4, -0.2) is 0 Å². The molecular formula is C108H62S3. The quantitative estimate of drug-likeness (QED) is 0.133. The molecule has 21 aromatic carbocycles. The molecule has 0 nitrogen and oxygen atoms in total. The lowest BCUT2D eigenvalue weighted by molar-refractivity contribution is 1.58. The van der Waals surface area contributed by atoms with Gasteiger partial charge < -0.3 is 0 Å². The van der Waals surface area contributed by atoms with Gasteiger partial charge in [0.15, 0.2) is 0 Å². The average molecular weight is 1460 g/mol. The average Bonchev–Trinajstić information content (AvgIpc) is 1.06. The van der Waals surface area contributed by atoms with Crippen LogP contribution in [-0.2, 0) is 0 Å². The zero-order valence-corrected chi connectivity index (χ0v) is 62.5. The summed E-state index contributed by atoms with van der Waals surface area (Å²) in [5.41, 5.74) is 19.2. The van der Waals surface area contributed by atoms with Gasteiger partial charge in [0.2, 0.25) is 0 Å². The Bertz CT molecular complexity index is 8040. The molecule has 0 aliphatic rings. The van der Waals surface area contributed by atoms with E-state index in [1.807, 2.05) is 34.0 Å². The summed E-state index contributed by atoms with van der Waals surface area (Å²) in [6.45, 7) is 0. The summed E-state index contributed by atoms with van der Waals surface area (Å²) in [7, 11) is 0. The van der Waals surface area contributed by atoms with Crippen molar-refractivity contribution in [2.45, 2.75) is 0 Å².